The fourth-order valence-corrected chi connectivity index (χ4v) is 3.85. The summed E-state index contributed by atoms with van der Waals surface area (Å²) in [4.78, 5) is 19.3. The van der Waals surface area contributed by atoms with E-state index in [9.17, 15) is 4.79 Å². The molecule has 2 aliphatic heterocycles. The van der Waals surface area contributed by atoms with Crippen molar-refractivity contribution in [3.8, 4) is 0 Å². The number of amides is 1. The molecule has 1 aromatic rings. The van der Waals surface area contributed by atoms with Gasteiger partial charge in [-0.3, -0.25) is 9.69 Å². The minimum absolute atomic E-state index is 0.0552. The van der Waals surface area contributed by atoms with Crippen molar-refractivity contribution in [2.24, 2.45) is 5.92 Å². The van der Waals surface area contributed by atoms with Gasteiger partial charge in [0, 0.05) is 45.3 Å². The molecular weight excluding hydrogens is 306 g/mol. The van der Waals surface area contributed by atoms with Gasteiger partial charge in [-0.2, -0.15) is 0 Å². The maximum atomic E-state index is 12.5. The van der Waals surface area contributed by atoms with Crippen LogP contribution in [0.2, 0.25) is 0 Å². The zero-order valence-electron chi connectivity index (χ0n) is 14.8. The van der Waals surface area contributed by atoms with Crippen molar-refractivity contribution < 1.29 is 14.3 Å². The minimum atomic E-state index is -0.169. The lowest BCUT2D eigenvalue weighted by molar-refractivity contribution is 0.0479. The molecule has 3 rings (SSSR count). The average Bonchev–Trinajstić information content (AvgIpc) is 3.10. The van der Waals surface area contributed by atoms with Crippen LogP contribution in [0.1, 0.15) is 36.1 Å². The number of piperazine rings is 1. The Hall–Kier alpha value is -1.37. The monoisotopic (exact) mass is 335 g/mol. The molecule has 2 aliphatic rings. The number of aliphatic hydroxyl groups excluding tert-OH is 1. The van der Waals surface area contributed by atoms with Gasteiger partial charge in [-0.05, 0) is 44.9 Å². The summed E-state index contributed by atoms with van der Waals surface area (Å²) in [6.07, 6.45) is 2.10. The van der Waals surface area contributed by atoms with Crippen molar-refractivity contribution >= 4 is 5.91 Å². The van der Waals surface area contributed by atoms with Crippen molar-refractivity contribution in [1.82, 2.24) is 14.7 Å². The summed E-state index contributed by atoms with van der Waals surface area (Å²) in [5, 5.41) is 9.05. The van der Waals surface area contributed by atoms with Crippen LogP contribution in [0.3, 0.4) is 0 Å². The predicted molar refractivity (Wildman–Crippen MR) is 91.8 cm³/mol. The Labute approximate surface area is 144 Å². The number of hydrogen-bond acceptors (Lipinski definition) is 5. The summed E-state index contributed by atoms with van der Waals surface area (Å²) in [6, 6.07) is 3.91. The number of likely N-dealkylation sites (N-methyl/N-ethyl adjacent to an activating group) is 1. The lowest BCUT2D eigenvalue weighted by atomic mass is 9.89. The van der Waals surface area contributed by atoms with E-state index in [2.05, 4.69) is 23.8 Å². The number of rotatable bonds is 4. The van der Waals surface area contributed by atoms with E-state index in [0.717, 1.165) is 52.1 Å². The van der Waals surface area contributed by atoms with Gasteiger partial charge in [0.25, 0.3) is 5.91 Å². The van der Waals surface area contributed by atoms with E-state index in [-0.39, 0.29) is 12.5 Å². The molecule has 0 aromatic carbocycles. The number of piperidine rings is 1. The van der Waals surface area contributed by atoms with E-state index in [1.807, 2.05) is 4.90 Å². The molecule has 24 heavy (non-hydrogen) atoms. The van der Waals surface area contributed by atoms with Gasteiger partial charge in [-0.15, -0.1) is 0 Å². The van der Waals surface area contributed by atoms with Gasteiger partial charge in [-0.25, -0.2) is 0 Å². The quantitative estimate of drug-likeness (QED) is 0.898. The lowest BCUT2D eigenvalue weighted by Crippen LogP contribution is -2.52. The number of likely N-dealkylation sites (tertiary alicyclic amines) is 1. The van der Waals surface area contributed by atoms with Crippen LogP contribution in [0.15, 0.2) is 16.5 Å². The highest BCUT2D eigenvalue weighted by Crippen LogP contribution is 2.26. The number of nitrogens with zero attached hydrogens (tertiary/aromatic N) is 3. The lowest BCUT2D eigenvalue weighted by Gasteiger charge is -2.42. The van der Waals surface area contributed by atoms with Crippen molar-refractivity contribution in [1.29, 1.82) is 0 Å². The third-order valence-corrected chi connectivity index (χ3v) is 5.65. The molecule has 0 radical (unpaired) electrons. The van der Waals surface area contributed by atoms with Gasteiger partial charge in [-0.1, -0.05) is 0 Å². The number of furan rings is 1. The van der Waals surface area contributed by atoms with Gasteiger partial charge in [0.05, 0.1) is 0 Å². The van der Waals surface area contributed by atoms with E-state index in [1.54, 1.807) is 12.1 Å². The molecule has 3 heterocycles. The molecule has 134 valence electrons. The molecule has 0 bridgehead atoms. The van der Waals surface area contributed by atoms with E-state index in [4.69, 9.17) is 9.52 Å². The molecule has 2 saturated heterocycles. The first kappa shape index (κ1) is 17.5. The molecule has 2 fully saturated rings. The fourth-order valence-electron chi connectivity index (χ4n) is 3.85. The summed E-state index contributed by atoms with van der Waals surface area (Å²) < 4.78 is 5.37. The van der Waals surface area contributed by atoms with Crippen molar-refractivity contribution in [3.05, 3.63) is 23.7 Å². The van der Waals surface area contributed by atoms with Crippen LogP contribution >= 0.6 is 0 Å². The number of carbonyl (C=O) groups excluding carboxylic acids is 1. The molecule has 0 spiro atoms. The molecule has 1 aromatic heterocycles. The van der Waals surface area contributed by atoms with Crippen LogP contribution in [-0.4, -0.2) is 78.1 Å². The summed E-state index contributed by atoms with van der Waals surface area (Å²) in [7, 11) is 2.18. The molecule has 1 unspecified atom stereocenters. The molecule has 6 heteroatoms. The molecular formula is C18H29N3O3. The van der Waals surface area contributed by atoms with Gasteiger partial charge >= 0.3 is 0 Å². The Kier molecular flexibility index (Phi) is 5.58. The van der Waals surface area contributed by atoms with E-state index in [0.29, 0.717) is 23.5 Å². The van der Waals surface area contributed by atoms with E-state index >= 15 is 0 Å². The van der Waals surface area contributed by atoms with Crippen LogP contribution in [0.4, 0.5) is 0 Å². The normalized spacial score (nSPS) is 22.7. The summed E-state index contributed by atoms with van der Waals surface area (Å²) in [6.45, 7) is 8.33. The molecule has 1 amide bonds. The summed E-state index contributed by atoms with van der Waals surface area (Å²) in [5.41, 5.74) is 0. The van der Waals surface area contributed by atoms with Crippen LogP contribution < -0.4 is 0 Å². The van der Waals surface area contributed by atoms with Gasteiger partial charge in [0.15, 0.2) is 5.76 Å². The molecule has 0 saturated carbocycles. The maximum absolute atomic E-state index is 12.5. The molecule has 6 nitrogen and oxygen atoms in total. The second-order valence-electron chi connectivity index (χ2n) is 7.13. The predicted octanol–water partition coefficient (Wildman–Crippen LogP) is 1.26. The Balaban J connectivity index is 1.50. The Morgan fingerprint density at radius 1 is 1.21 bits per heavy atom. The third kappa shape index (κ3) is 3.82. The van der Waals surface area contributed by atoms with Crippen molar-refractivity contribution in [3.63, 3.8) is 0 Å². The van der Waals surface area contributed by atoms with Crippen LogP contribution in [-0.2, 0) is 6.61 Å². The summed E-state index contributed by atoms with van der Waals surface area (Å²) >= 11 is 0. The van der Waals surface area contributed by atoms with Crippen LogP contribution in [0, 0.1) is 5.92 Å². The van der Waals surface area contributed by atoms with Crippen LogP contribution in [0.25, 0.3) is 0 Å². The average molecular weight is 335 g/mol. The first-order valence-electron chi connectivity index (χ1n) is 9.00. The number of carbonyl (C=O) groups is 1. The largest absolute Gasteiger partial charge is 0.453 e. The van der Waals surface area contributed by atoms with Gasteiger partial charge in [0.2, 0.25) is 0 Å². The van der Waals surface area contributed by atoms with E-state index in [1.165, 1.54) is 0 Å². The molecule has 1 atom stereocenters. The maximum Gasteiger partial charge on any atom is 0.289 e. The Morgan fingerprint density at radius 2 is 1.88 bits per heavy atom. The minimum Gasteiger partial charge on any atom is -0.453 e. The Bertz CT molecular complexity index is 543. The molecule has 0 aliphatic carbocycles. The van der Waals surface area contributed by atoms with Crippen molar-refractivity contribution in [2.75, 3.05) is 46.3 Å². The highest BCUT2D eigenvalue weighted by molar-refractivity contribution is 5.91. The Morgan fingerprint density at radius 3 is 2.46 bits per heavy atom. The number of aliphatic hydroxyl groups is 1. The SMILES string of the molecule is CC(C1CCN(C(=O)c2ccc(CO)o2)CC1)N1CCN(C)CC1. The van der Waals surface area contributed by atoms with Gasteiger partial charge < -0.3 is 19.3 Å². The second kappa shape index (κ2) is 7.68. The first-order chi connectivity index (χ1) is 11.6. The van der Waals surface area contributed by atoms with Gasteiger partial charge in [0.1, 0.15) is 12.4 Å². The standard InChI is InChI=1S/C18H29N3O3/c1-14(20-11-9-19(2)10-12-20)15-5-7-21(8-6-15)18(23)17-4-3-16(13-22)24-17/h3-4,14-15,22H,5-13H2,1-2H3. The highest BCUT2D eigenvalue weighted by atomic mass is 16.4. The smallest absolute Gasteiger partial charge is 0.289 e. The zero-order valence-corrected chi connectivity index (χ0v) is 14.8. The summed E-state index contributed by atoms with van der Waals surface area (Å²) in [5.74, 6) is 1.38. The van der Waals surface area contributed by atoms with Crippen LogP contribution in [0.5, 0.6) is 0 Å². The third-order valence-electron chi connectivity index (χ3n) is 5.65. The topological polar surface area (TPSA) is 60.2 Å². The second-order valence-corrected chi connectivity index (χ2v) is 7.13. The highest BCUT2D eigenvalue weighted by Gasteiger charge is 2.31. The van der Waals surface area contributed by atoms with E-state index < -0.39 is 0 Å². The fraction of sp³-hybridized carbons (Fsp3) is 0.722. The zero-order chi connectivity index (χ0) is 17.1. The van der Waals surface area contributed by atoms with Crippen molar-refractivity contribution in [2.45, 2.75) is 32.4 Å². The first-order valence-corrected chi connectivity index (χ1v) is 9.00. The number of hydrogen-bond donors (Lipinski definition) is 1. The molecule has 1 N–H and O–H groups in total.